The average Bonchev–Trinajstić information content (AvgIpc) is 2.29. The molecule has 18 heavy (non-hydrogen) atoms. The summed E-state index contributed by atoms with van der Waals surface area (Å²) in [5, 5.41) is 2.80. The van der Waals surface area contributed by atoms with Crippen molar-refractivity contribution in [2.45, 2.75) is 13.8 Å². The SMILES string of the molecule is CSN=CC(=C(N)CN1CCNC(=O)C1)C(C)C. The van der Waals surface area contributed by atoms with Crippen molar-refractivity contribution in [2.75, 3.05) is 32.4 Å². The second-order valence-electron chi connectivity index (χ2n) is 4.61. The van der Waals surface area contributed by atoms with Gasteiger partial charge in [-0.1, -0.05) is 13.8 Å². The first kappa shape index (κ1) is 15.0. The smallest absolute Gasteiger partial charge is 0.234 e. The Kier molecular flexibility index (Phi) is 6.21. The molecule has 0 aliphatic carbocycles. The Bertz CT molecular complexity index is 352. The Morgan fingerprint density at radius 1 is 1.67 bits per heavy atom. The number of nitrogens with one attached hydrogen (secondary N) is 1. The Balaban J connectivity index is 2.71. The first-order valence-corrected chi connectivity index (χ1v) is 7.26. The quantitative estimate of drug-likeness (QED) is 0.568. The van der Waals surface area contributed by atoms with Crippen LogP contribution in [0.25, 0.3) is 0 Å². The van der Waals surface area contributed by atoms with Crippen molar-refractivity contribution >= 4 is 24.1 Å². The average molecular weight is 270 g/mol. The zero-order valence-electron chi connectivity index (χ0n) is 11.3. The third-order valence-electron chi connectivity index (χ3n) is 2.80. The van der Waals surface area contributed by atoms with Crippen LogP contribution in [0.5, 0.6) is 0 Å². The van der Waals surface area contributed by atoms with Gasteiger partial charge in [-0.05, 0) is 23.4 Å². The Morgan fingerprint density at radius 3 is 2.94 bits per heavy atom. The van der Waals surface area contributed by atoms with Crippen LogP contribution < -0.4 is 11.1 Å². The number of nitrogens with two attached hydrogens (primary N) is 1. The van der Waals surface area contributed by atoms with Gasteiger partial charge in [0.05, 0.1) is 6.54 Å². The van der Waals surface area contributed by atoms with E-state index in [0.717, 1.165) is 17.8 Å². The van der Waals surface area contributed by atoms with Crippen LogP contribution in [0.4, 0.5) is 0 Å². The van der Waals surface area contributed by atoms with Crippen molar-refractivity contribution in [3.63, 3.8) is 0 Å². The molecule has 0 unspecified atom stereocenters. The van der Waals surface area contributed by atoms with E-state index in [1.165, 1.54) is 11.9 Å². The molecule has 0 aromatic carbocycles. The summed E-state index contributed by atoms with van der Waals surface area (Å²) in [6.07, 6.45) is 3.74. The molecular formula is C12H22N4OS. The van der Waals surface area contributed by atoms with Crippen LogP contribution >= 0.6 is 11.9 Å². The Labute approximate surface area is 113 Å². The maximum Gasteiger partial charge on any atom is 0.234 e. The second kappa shape index (κ2) is 7.43. The molecule has 0 atom stereocenters. The molecule has 0 aromatic heterocycles. The highest BCUT2D eigenvalue weighted by Gasteiger charge is 2.17. The van der Waals surface area contributed by atoms with Gasteiger partial charge in [0.2, 0.25) is 5.91 Å². The van der Waals surface area contributed by atoms with Crippen LogP contribution in [0.2, 0.25) is 0 Å². The van der Waals surface area contributed by atoms with Gasteiger partial charge < -0.3 is 11.1 Å². The number of nitrogens with zero attached hydrogens (tertiary/aromatic N) is 2. The summed E-state index contributed by atoms with van der Waals surface area (Å²) in [6.45, 7) is 6.78. The molecule has 0 saturated carbocycles. The lowest BCUT2D eigenvalue weighted by molar-refractivity contribution is -0.123. The minimum Gasteiger partial charge on any atom is -0.401 e. The number of amides is 1. The molecule has 1 fully saturated rings. The van der Waals surface area contributed by atoms with E-state index in [4.69, 9.17) is 5.73 Å². The summed E-state index contributed by atoms with van der Waals surface area (Å²) < 4.78 is 4.18. The maximum atomic E-state index is 11.3. The summed E-state index contributed by atoms with van der Waals surface area (Å²) in [5.74, 6) is 0.400. The van der Waals surface area contributed by atoms with Crippen molar-refractivity contribution in [3.8, 4) is 0 Å². The molecule has 0 spiro atoms. The van der Waals surface area contributed by atoms with Gasteiger partial charge in [-0.3, -0.25) is 9.69 Å². The lowest BCUT2D eigenvalue weighted by Crippen LogP contribution is -2.48. The largest absolute Gasteiger partial charge is 0.401 e. The molecule has 1 rings (SSSR count). The summed E-state index contributed by atoms with van der Waals surface area (Å²) in [4.78, 5) is 13.4. The Hall–Kier alpha value is -1.01. The van der Waals surface area contributed by atoms with Crippen LogP contribution in [0.3, 0.4) is 0 Å². The van der Waals surface area contributed by atoms with E-state index in [-0.39, 0.29) is 5.91 Å². The molecule has 5 nitrogen and oxygen atoms in total. The number of hydrogen-bond acceptors (Lipinski definition) is 5. The van der Waals surface area contributed by atoms with Crippen molar-refractivity contribution < 1.29 is 4.79 Å². The fraction of sp³-hybridized carbons (Fsp3) is 0.667. The lowest BCUT2D eigenvalue weighted by Gasteiger charge is -2.27. The van der Waals surface area contributed by atoms with Crippen molar-refractivity contribution in [1.82, 2.24) is 10.2 Å². The molecule has 1 heterocycles. The summed E-state index contributed by atoms with van der Waals surface area (Å²) in [6, 6.07) is 0. The third kappa shape index (κ3) is 4.70. The van der Waals surface area contributed by atoms with E-state index in [1.807, 2.05) is 12.5 Å². The number of piperazine rings is 1. The lowest BCUT2D eigenvalue weighted by atomic mass is 10.0. The zero-order chi connectivity index (χ0) is 13.5. The van der Waals surface area contributed by atoms with E-state index in [2.05, 4.69) is 28.5 Å². The fourth-order valence-corrected chi connectivity index (χ4v) is 2.09. The number of carbonyl (C=O) groups excluding carboxylic acids is 1. The normalized spacial score (nSPS) is 19.2. The van der Waals surface area contributed by atoms with Gasteiger partial charge >= 0.3 is 0 Å². The number of carbonyl (C=O) groups is 1. The summed E-state index contributed by atoms with van der Waals surface area (Å²) >= 11 is 1.41. The highest BCUT2D eigenvalue weighted by molar-refractivity contribution is 7.97. The van der Waals surface area contributed by atoms with E-state index in [0.29, 0.717) is 25.6 Å². The highest BCUT2D eigenvalue weighted by atomic mass is 32.2. The topological polar surface area (TPSA) is 70.7 Å². The maximum absolute atomic E-state index is 11.3. The van der Waals surface area contributed by atoms with Gasteiger partial charge in [0.25, 0.3) is 0 Å². The van der Waals surface area contributed by atoms with Gasteiger partial charge in [0.1, 0.15) is 0 Å². The molecular weight excluding hydrogens is 248 g/mol. The van der Waals surface area contributed by atoms with Crippen molar-refractivity contribution in [1.29, 1.82) is 0 Å². The number of allylic oxidation sites excluding steroid dienone is 1. The van der Waals surface area contributed by atoms with E-state index >= 15 is 0 Å². The van der Waals surface area contributed by atoms with Crippen molar-refractivity contribution in [2.24, 2.45) is 16.0 Å². The van der Waals surface area contributed by atoms with Gasteiger partial charge in [0, 0.05) is 37.8 Å². The van der Waals surface area contributed by atoms with Gasteiger partial charge in [-0.25, -0.2) is 4.40 Å². The molecule has 1 aliphatic heterocycles. The first-order chi connectivity index (χ1) is 8.54. The van der Waals surface area contributed by atoms with Crippen molar-refractivity contribution in [3.05, 3.63) is 11.3 Å². The van der Waals surface area contributed by atoms with Crippen LogP contribution in [0.15, 0.2) is 15.7 Å². The fourth-order valence-electron chi connectivity index (χ4n) is 1.87. The van der Waals surface area contributed by atoms with E-state index < -0.39 is 0 Å². The molecule has 0 radical (unpaired) electrons. The van der Waals surface area contributed by atoms with E-state index in [1.54, 1.807) is 0 Å². The summed E-state index contributed by atoms with van der Waals surface area (Å²) in [5.41, 5.74) is 8.00. The first-order valence-electron chi connectivity index (χ1n) is 6.08. The van der Waals surface area contributed by atoms with Crippen LogP contribution in [0.1, 0.15) is 13.8 Å². The van der Waals surface area contributed by atoms with Crippen LogP contribution in [-0.2, 0) is 4.79 Å². The minimum atomic E-state index is 0.0675. The Morgan fingerprint density at radius 2 is 2.39 bits per heavy atom. The molecule has 0 aromatic rings. The molecule has 0 bridgehead atoms. The monoisotopic (exact) mass is 270 g/mol. The predicted molar refractivity (Wildman–Crippen MR) is 77.5 cm³/mol. The second-order valence-corrected chi connectivity index (χ2v) is 5.19. The highest BCUT2D eigenvalue weighted by Crippen LogP contribution is 2.12. The zero-order valence-corrected chi connectivity index (χ0v) is 12.1. The molecule has 102 valence electrons. The third-order valence-corrected chi connectivity index (χ3v) is 3.12. The van der Waals surface area contributed by atoms with E-state index in [9.17, 15) is 4.79 Å². The molecule has 1 amide bonds. The molecule has 1 saturated heterocycles. The van der Waals surface area contributed by atoms with Crippen LogP contribution in [0, 0.1) is 5.92 Å². The molecule has 3 N–H and O–H groups in total. The number of rotatable bonds is 5. The van der Waals surface area contributed by atoms with Gasteiger partial charge in [-0.2, -0.15) is 0 Å². The van der Waals surface area contributed by atoms with Gasteiger partial charge in [0.15, 0.2) is 0 Å². The van der Waals surface area contributed by atoms with Crippen LogP contribution in [-0.4, -0.2) is 49.5 Å². The molecule has 6 heteroatoms. The summed E-state index contributed by atoms with van der Waals surface area (Å²) in [7, 11) is 0. The molecule has 1 aliphatic rings. The number of hydrogen-bond donors (Lipinski definition) is 2. The standard InChI is InChI=1S/C12H22N4OS/c1-9(2)10(6-15-18-3)11(13)7-16-5-4-14-12(17)8-16/h6,9H,4-5,7-8,13H2,1-3H3,(H,14,17). The predicted octanol–water partition coefficient (Wildman–Crippen LogP) is 0.636. The van der Waals surface area contributed by atoms with Gasteiger partial charge in [-0.15, -0.1) is 0 Å². The minimum absolute atomic E-state index is 0.0675.